The van der Waals surface area contributed by atoms with Crippen LogP contribution in [-0.4, -0.2) is 37.8 Å². The number of ether oxygens (including phenoxy) is 1. The summed E-state index contributed by atoms with van der Waals surface area (Å²) in [4.78, 5) is 26.1. The summed E-state index contributed by atoms with van der Waals surface area (Å²) in [5.41, 5.74) is 2.02. The van der Waals surface area contributed by atoms with Crippen LogP contribution in [0.4, 0.5) is 0 Å². The molecule has 0 aliphatic heterocycles. The average Bonchev–Trinajstić information content (AvgIpc) is 3.29. The predicted octanol–water partition coefficient (Wildman–Crippen LogP) is 4.73. The topological polar surface area (TPSA) is 78.5 Å². The van der Waals surface area contributed by atoms with Crippen LogP contribution in [-0.2, 0) is 6.54 Å². The Morgan fingerprint density at radius 3 is 2.56 bits per heavy atom. The molecule has 7 nitrogen and oxygen atoms in total. The second-order valence-corrected chi connectivity index (χ2v) is 8.92. The van der Waals surface area contributed by atoms with E-state index in [9.17, 15) is 9.59 Å². The molecule has 9 heteroatoms. The number of carbonyl (C=O) groups is 1. The zero-order valence-electron chi connectivity index (χ0n) is 18.1. The van der Waals surface area contributed by atoms with Gasteiger partial charge in [0.1, 0.15) is 5.75 Å². The van der Waals surface area contributed by atoms with Crippen molar-refractivity contribution in [2.45, 2.75) is 11.7 Å². The Morgan fingerprint density at radius 1 is 1.03 bits per heavy atom. The van der Waals surface area contributed by atoms with E-state index in [1.807, 2.05) is 52.9 Å². The van der Waals surface area contributed by atoms with E-state index < -0.39 is 0 Å². The van der Waals surface area contributed by atoms with Gasteiger partial charge in [-0.05, 0) is 35.9 Å². The van der Waals surface area contributed by atoms with E-state index in [4.69, 9.17) is 16.3 Å². The lowest BCUT2D eigenvalue weighted by molar-refractivity contribution is 0.102. The zero-order valence-corrected chi connectivity index (χ0v) is 19.7. The lowest BCUT2D eigenvalue weighted by atomic mass is 10.1. The molecule has 0 amide bonds. The van der Waals surface area contributed by atoms with Crippen LogP contribution in [0.15, 0.2) is 82.7 Å². The van der Waals surface area contributed by atoms with E-state index in [0.29, 0.717) is 44.7 Å². The quantitative estimate of drug-likeness (QED) is 0.242. The zero-order chi connectivity index (χ0) is 23.7. The lowest BCUT2D eigenvalue weighted by Crippen LogP contribution is -2.24. The minimum atomic E-state index is -0.139. The third-order valence-corrected chi connectivity index (χ3v) is 6.69. The van der Waals surface area contributed by atoms with Gasteiger partial charge in [-0.1, -0.05) is 65.8 Å². The molecule has 0 spiro atoms. The van der Waals surface area contributed by atoms with Crippen LogP contribution in [0.3, 0.4) is 0 Å². The van der Waals surface area contributed by atoms with Gasteiger partial charge in [-0.25, -0.2) is 0 Å². The molecule has 0 aliphatic rings. The molecule has 0 radical (unpaired) electrons. The van der Waals surface area contributed by atoms with E-state index in [1.165, 1.54) is 18.9 Å². The Morgan fingerprint density at radius 2 is 1.79 bits per heavy atom. The van der Waals surface area contributed by atoms with Crippen LogP contribution >= 0.6 is 23.4 Å². The molecule has 2 aromatic heterocycles. The summed E-state index contributed by atoms with van der Waals surface area (Å²) >= 11 is 7.43. The van der Waals surface area contributed by atoms with Crippen LogP contribution < -0.4 is 10.3 Å². The number of aromatic nitrogens is 4. The van der Waals surface area contributed by atoms with Crippen molar-refractivity contribution in [3.63, 3.8) is 0 Å². The van der Waals surface area contributed by atoms with Gasteiger partial charge in [0.2, 0.25) is 5.78 Å². The molecule has 0 bridgehead atoms. The van der Waals surface area contributed by atoms with Gasteiger partial charge in [0.05, 0.1) is 35.3 Å². The molecule has 170 valence electrons. The van der Waals surface area contributed by atoms with E-state index in [0.717, 1.165) is 5.56 Å². The van der Waals surface area contributed by atoms with Crippen molar-refractivity contribution in [3.05, 3.63) is 99.3 Å². The number of halogens is 1. The van der Waals surface area contributed by atoms with E-state index >= 15 is 0 Å². The number of thioether (sulfide) groups is 1. The fourth-order valence-corrected chi connectivity index (χ4v) is 4.88. The number of carbonyl (C=O) groups excluding carboxylic acids is 1. The summed E-state index contributed by atoms with van der Waals surface area (Å²) in [6, 6.07) is 22.0. The number of Topliss-reactive ketones (excluding diaryl/α,β-unsaturated/α-hetero) is 1. The molecule has 0 N–H and O–H groups in total. The second kappa shape index (κ2) is 9.32. The van der Waals surface area contributed by atoms with Crippen molar-refractivity contribution in [1.82, 2.24) is 19.2 Å². The Hall–Kier alpha value is -3.62. The summed E-state index contributed by atoms with van der Waals surface area (Å²) in [7, 11) is 1.52. The first-order valence-corrected chi connectivity index (χ1v) is 11.8. The number of hydrogen-bond donors (Lipinski definition) is 0. The number of hydrogen-bond acceptors (Lipinski definition) is 6. The molecule has 0 atom stereocenters. The maximum absolute atomic E-state index is 13.3. The Bertz CT molecular complexity index is 1580. The van der Waals surface area contributed by atoms with Crippen molar-refractivity contribution in [2.75, 3.05) is 12.9 Å². The second-order valence-electron chi connectivity index (χ2n) is 7.57. The molecule has 0 fully saturated rings. The number of benzene rings is 3. The summed E-state index contributed by atoms with van der Waals surface area (Å²) in [6.45, 7) is 0.361. The third-order valence-electron chi connectivity index (χ3n) is 5.47. The van der Waals surface area contributed by atoms with E-state index in [-0.39, 0.29) is 17.1 Å². The van der Waals surface area contributed by atoms with Gasteiger partial charge in [-0.2, -0.15) is 0 Å². The Kier molecular flexibility index (Phi) is 6.08. The highest BCUT2D eigenvalue weighted by Gasteiger charge is 2.18. The highest BCUT2D eigenvalue weighted by molar-refractivity contribution is 7.99. The number of rotatable bonds is 7. The number of fused-ring (bicyclic) bond motifs is 3. The van der Waals surface area contributed by atoms with Crippen molar-refractivity contribution < 1.29 is 9.53 Å². The molecule has 2 heterocycles. The van der Waals surface area contributed by atoms with E-state index in [1.54, 1.807) is 28.8 Å². The van der Waals surface area contributed by atoms with Crippen LogP contribution in [0, 0.1) is 0 Å². The molecular weight excluding hydrogens is 472 g/mol. The normalized spacial score (nSPS) is 11.2. The fraction of sp³-hybridized carbons (Fsp3) is 0.120. The smallest absolute Gasteiger partial charge is 0.263 e. The highest BCUT2D eigenvalue weighted by atomic mass is 35.5. The van der Waals surface area contributed by atoms with Crippen molar-refractivity contribution in [1.29, 1.82) is 0 Å². The van der Waals surface area contributed by atoms with Crippen molar-refractivity contribution in [2.24, 2.45) is 0 Å². The number of para-hydroxylation sites is 1. The molecule has 0 saturated heterocycles. The summed E-state index contributed by atoms with van der Waals surface area (Å²) in [6.07, 6.45) is 0. The average molecular weight is 491 g/mol. The van der Waals surface area contributed by atoms with Gasteiger partial charge in [-0.3, -0.25) is 18.6 Å². The maximum atomic E-state index is 13.3. The monoisotopic (exact) mass is 490 g/mol. The minimum absolute atomic E-state index is 0.104. The Labute approximate surface area is 204 Å². The van der Waals surface area contributed by atoms with Crippen LogP contribution in [0.5, 0.6) is 5.75 Å². The Balaban J connectivity index is 1.53. The number of methoxy groups -OCH3 is 1. The molecule has 0 aliphatic carbocycles. The maximum Gasteiger partial charge on any atom is 0.263 e. The van der Waals surface area contributed by atoms with Gasteiger partial charge in [-0.15, -0.1) is 10.2 Å². The van der Waals surface area contributed by atoms with Gasteiger partial charge < -0.3 is 4.74 Å². The molecule has 0 unspecified atom stereocenters. The largest absolute Gasteiger partial charge is 0.495 e. The van der Waals surface area contributed by atoms with Gasteiger partial charge in [0.15, 0.2) is 10.9 Å². The first-order valence-electron chi connectivity index (χ1n) is 10.5. The summed E-state index contributed by atoms with van der Waals surface area (Å²) in [5.74, 6) is 0.968. The molecule has 5 aromatic rings. The highest BCUT2D eigenvalue weighted by Crippen LogP contribution is 2.27. The SMILES string of the molecule is COc1ccc(C(=O)CSc2nnc3n(Cc4ccccc4)c(=O)c4ccccc4n23)cc1Cl. The predicted molar refractivity (Wildman–Crippen MR) is 133 cm³/mol. The molecule has 3 aromatic carbocycles. The molecule has 0 saturated carbocycles. The van der Waals surface area contributed by atoms with Gasteiger partial charge in [0.25, 0.3) is 5.56 Å². The van der Waals surface area contributed by atoms with Gasteiger partial charge >= 0.3 is 0 Å². The molecular formula is C25H19ClN4O3S. The number of nitrogens with zero attached hydrogens (tertiary/aromatic N) is 4. The minimum Gasteiger partial charge on any atom is -0.495 e. The summed E-state index contributed by atoms with van der Waals surface area (Å²) < 4.78 is 8.60. The fourth-order valence-electron chi connectivity index (χ4n) is 3.79. The van der Waals surface area contributed by atoms with E-state index in [2.05, 4.69) is 10.2 Å². The van der Waals surface area contributed by atoms with Gasteiger partial charge in [0, 0.05) is 5.56 Å². The molecule has 34 heavy (non-hydrogen) atoms. The molecule has 5 rings (SSSR count). The number of ketones is 1. The van der Waals surface area contributed by atoms with Crippen molar-refractivity contribution in [3.8, 4) is 5.75 Å². The first-order chi connectivity index (χ1) is 16.6. The van der Waals surface area contributed by atoms with Crippen LogP contribution in [0.2, 0.25) is 5.02 Å². The lowest BCUT2D eigenvalue weighted by Gasteiger charge is -2.11. The van der Waals surface area contributed by atoms with Crippen molar-refractivity contribution >= 4 is 45.8 Å². The first kappa shape index (κ1) is 22.2. The van der Waals surface area contributed by atoms with Crippen LogP contribution in [0.25, 0.3) is 16.7 Å². The standard InChI is InChI=1S/C25H19ClN4O3S/c1-33-22-12-11-17(13-19(22)26)21(31)15-34-25-28-27-24-29(14-16-7-3-2-4-8-16)23(32)18-9-5-6-10-20(18)30(24)25/h2-13H,14-15H2,1H3. The third kappa shape index (κ3) is 4.06. The summed E-state index contributed by atoms with van der Waals surface area (Å²) in [5, 5.41) is 10.1. The van der Waals surface area contributed by atoms with Crippen LogP contribution in [0.1, 0.15) is 15.9 Å².